The molecule has 0 unspecified atom stereocenters. The van der Waals surface area contributed by atoms with Crippen LogP contribution in [-0.4, -0.2) is 31.2 Å². The van der Waals surface area contributed by atoms with E-state index in [4.69, 9.17) is 5.11 Å². The fraction of sp³-hybridized carbons (Fsp3) is 0. The first-order chi connectivity index (χ1) is 6.27. The van der Waals surface area contributed by atoms with Crippen molar-refractivity contribution in [2.45, 2.75) is 0 Å². The Morgan fingerprint density at radius 3 is 3.00 bits per heavy atom. The van der Waals surface area contributed by atoms with Gasteiger partial charge in [0.05, 0.1) is 5.56 Å². The maximum absolute atomic E-state index is 10.5. The number of fused-ring (bicyclic) bond motifs is 1. The number of carbonyl (C=O) groups is 1. The highest BCUT2D eigenvalue weighted by molar-refractivity contribution is 5.90. The van der Waals surface area contributed by atoms with Gasteiger partial charge in [-0.25, -0.2) is 14.8 Å². The molecule has 2 aromatic heterocycles. The maximum Gasteiger partial charge on any atom is 0.337 e. The molecule has 0 aliphatic rings. The molecule has 0 bridgehead atoms. The molecule has 0 atom stereocenters. The molecule has 2 aromatic rings. The Balaban J connectivity index is 2.69. The van der Waals surface area contributed by atoms with Gasteiger partial charge in [-0.2, -0.15) is 0 Å². The SMILES string of the molecule is O=C(O)c1cnc2nncnc2c1. The molecular formula is C7H4N4O2. The van der Waals surface area contributed by atoms with Crippen LogP contribution in [0.5, 0.6) is 0 Å². The molecule has 0 amide bonds. The molecule has 2 heterocycles. The summed E-state index contributed by atoms with van der Waals surface area (Å²) in [6.45, 7) is 0. The lowest BCUT2D eigenvalue weighted by molar-refractivity contribution is 0.0696. The van der Waals surface area contributed by atoms with Crippen molar-refractivity contribution in [3.05, 3.63) is 24.2 Å². The normalized spacial score (nSPS) is 10.2. The van der Waals surface area contributed by atoms with Crippen molar-refractivity contribution in [2.75, 3.05) is 0 Å². The van der Waals surface area contributed by atoms with Crippen LogP contribution in [0, 0.1) is 0 Å². The second-order valence-electron chi connectivity index (χ2n) is 2.33. The fourth-order valence-electron chi connectivity index (χ4n) is 0.903. The topological polar surface area (TPSA) is 88.9 Å². The molecule has 0 fully saturated rings. The highest BCUT2D eigenvalue weighted by Crippen LogP contribution is 2.06. The molecule has 1 N–H and O–H groups in total. The van der Waals surface area contributed by atoms with E-state index in [0.717, 1.165) is 0 Å². The molecule has 0 spiro atoms. The van der Waals surface area contributed by atoms with Gasteiger partial charge < -0.3 is 5.11 Å². The smallest absolute Gasteiger partial charge is 0.337 e. The number of pyridine rings is 1. The molecule has 0 aromatic carbocycles. The van der Waals surface area contributed by atoms with E-state index < -0.39 is 5.97 Å². The van der Waals surface area contributed by atoms with Gasteiger partial charge in [-0.3, -0.25) is 0 Å². The largest absolute Gasteiger partial charge is 0.478 e. The molecule has 0 radical (unpaired) electrons. The van der Waals surface area contributed by atoms with Crippen LogP contribution < -0.4 is 0 Å². The van der Waals surface area contributed by atoms with Gasteiger partial charge in [-0.1, -0.05) is 0 Å². The fourth-order valence-corrected chi connectivity index (χ4v) is 0.903. The molecule has 0 aliphatic heterocycles. The predicted molar refractivity (Wildman–Crippen MR) is 42.1 cm³/mol. The number of hydrogen-bond acceptors (Lipinski definition) is 5. The number of hydrogen-bond donors (Lipinski definition) is 1. The third kappa shape index (κ3) is 1.28. The van der Waals surface area contributed by atoms with E-state index in [9.17, 15) is 4.79 Å². The van der Waals surface area contributed by atoms with Crippen molar-refractivity contribution in [2.24, 2.45) is 0 Å². The van der Waals surface area contributed by atoms with Gasteiger partial charge in [0.2, 0.25) is 0 Å². The van der Waals surface area contributed by atoms with Crippen LogP contribution in [0.15, 0.2) is 18.6 Å². The average molecular weight is 176 g/mol. The second-order valence-corrected chi connectivity index (χ2v) is 2.33. The lowest BCUT2D eigenvalue weighted by Crippen LogP contribution is -1.99. The monoisotopic (exact) mass is 176 g/mol. The first kappa shape index (κ1) is 7.53. The van der Waals surface area contributed by atoms with Gasteiger partial charge in [0.15, 0.2) is 5.65 Å². The van der Waals surface area contributed by atoms with Gasteiger partial charge in [0.1, 0.15) is 11.8 Å². The summed E-state index contributed by atoms with van der Waals surface area (Å²) in [5.41, 5.74) is 0.857. The molecule has 6 nitrogen and oxygen atoms in total. The Hall–Kier alpha value is -2.11. The molecule has 0 saturated carbocycles. The summed E-state index contributed by atoms with van der Waals surface area (Å²) in [5.74, 6) is -1.03. The zero-order valence-electron chi connectivity index (χ0n) is 6.38. The maximum atomic E-state index is 10.5. The van der Waals surface area contributed by atoms with E-state index in [1.807, 2.05) is 0 Å². The number of carboxylic acids is 1. The molecule has 0 saturated heterocycles. The number of rotatable bonds is 1. The Kier molecular flexibility index (Phi) is 1.59. The van der Waals surface area contributed by atoms with Crippen molar-refractivity contribution in [1.82, 2.24) is 20.2 Å². The molecule has 64 valence electrons. The highest BCUT2D eigenvalue weighted by atomic mass is 16.4. The first-order valence-electron chi connectivity index (χ1n) is 3.44. The number of nitrogens with zero attached hydrogens (tertiary/aromatic N) is 4. The van der Waals surface area contributed by atoms with Gasteiger partial charge in [-0.05, 0) is 6.07 Å². The van der Waals surface area contributed by atoms with E-state index in [1.54, 1.807) is 0 Å². The van der Waals surface area contributed by atoms with Crippen LogP contribution in [0.2, 0.25) is 0 Å². The minimum atomic E-state index is -1.03. The van der Waals surface area contributed by atoms with E-state index in [0.29, 0.717) is 11.2 Å². The molecular weight excluding hydrogens is 172 g/mol. The Morgan fingerprint density at radius 1 is 1.38 bits per heavy atom. The van der Waals surface area contributed by atoms with Gasteiger partial charge >= 0.3 is 5.97 Å². The zero-order valence-corrected chi connectivity index (χ0v) is 6.38. The second kappa shape index (κ2) is 2.74. The Bertz CT molecular complexity index is 471. The predicted octanol–water partition coefficient (Wildman–Crippen LogP) is 0.118. The summed E-state index contributed by atoms with van der Waals surface area (Å²) in [4.78, 5) is 18.2. The van der Waals surface area contributed by atoms with Gasteiger partial charge in [0.25, 0.3) is 0 Å². The minimum Gasteiger partial charge on any atom is -0.478 e. The van der Waals surface area contributed by atoms with Crippen LogP contribution in [0.3, 0.4) is 0 Å². The average Bonchev–Trinajstić information content (AvgIpc) is 2.17. The third-order valence-electron chi connectivity index (χ3n) is 1.50. The van der Waals surface area contributed by atoms with Crippen molar-refractivity contribution >= 4 is 17.1 Å². The lowest BCUT2D eigenvalue weighted by Gasteiger charge is -1.94. The minimum absolute atomic E-state index is 0.0907. The van der Waals surface area contributed by atoms with Gasteiger partial charge in [0, 0.05) is 6.20 Å². The van der Waals surface area contributed by atoms with Crippen LogP contribution in [-0.2, 0) is 0 Å². The zero-order chi connectivity index (χ0) is 9.26. The van der Waals surface area contributed by atoms with Crippen LogP contribution in [0.4, 0.5) is 0 Å². The summed E-state index contributed by atoms with van der Waals surface area (Å²) in [7, 11) is 0. The van der Waals surface area contributed by atoms with E-state index in [1.165, 1.54) is 18.6 Å². The van der Waals surface area contributed by atoms with E-state index in [2.05, 4.69) is 20.2 Å². The van der Waals surface area contributed by atoms with Crippen molar-refractivity contribution < 1.29 is 9.90 Å². The summed E-state index contributed by atoms with van der Waals surface area (Å²) >= 11 is 0. The quantitative estimate of drug-likeness (QED) is 0.663. The van der Waals surface area contributed by atoms with Crippen molar-refractivity contribution in [3.63, 3.8) is 0 Å². The van der Waals surface area contributed by atoms with Crippen LogP contribution >= 0.6 is 0 Å². The molecule has 6 heteroatoms. The molecule has 0 aliphatic carbocycles. The van der Waals surface area contributed by atoms with Crippen molar-refractivity contribution in [1.29, 1.82) is 0 Å². The first-order valence-corrected chi connectivity index (χ1v) is 3.44. The van der Waals surface area contributed by atoms with Gasteiger partial charge in [-0.15, -0.1) is 10.2 Å². The third-order valence-corrected chi connectivity index (χ3v) is 1.50. The standard InChI is InChI=1S/C7H4N4O2/c12-7(13)4-1-5-6(8-2-4)11-10-3-9-5/h1-3H,(H,12,13). The number of aromatic carboxylic acids is 1. The van der Waals surface area contributed by atoms with Crippen LogP contribution in [0.1, 0.15) is 10.4 Å². The van der Waals surface area contributed by atoms with Crippen molar-refractivity contribution in [3.8, 4) is 0 Å². The Labute approximate surface area is 72.3 Å². The Morgan fingerprint density at radius 2 is 2.23 bits per heavy atom. The highest BCUT2D eigenvalue weighted by Gasteiger charge is 2.05. The van der Waals surface area contributed by atoms with E-state index in [-0.39, 0.29) is 5.56 Å². The molecule has 2 rings (SSSR count). The summed E-state index contributed by atoms with van der Waals surface area (Å²) in [5, 5.41) is 15.8. The summed E-state index contributed by atoms with van der Waals surface area (Å²) in [6, 6.07) is 1.40. The summed E-state index contributed by atoms with van der Waals surface area (Å²) < 4.78 is 0. The molecule has 13 heavy (non-hydrogen) atoms. The summed E-state index contributed by atoms with van der Waals surface area (Å²) in [6.07, 6.45) is 2.47. The lowest BCUT2D eigenvalue weighted by atomic mass is 10.3. The van der Waals surface area contributed by atoms with Crippen LogP contribution in [0.25, 0.3) is 11.2 Å². The van der Waals surface area contributed by atoms with E-state index >= 15 is 0 Å². The number of aromatic nitrogens is 4. The number of carboxylic acid groups (broad SMARTS) is 1.